The molecule has 48 heavy (non-hydrogen) atoms. The highest BCUT2D eigenvalue weighted by atomic mass is 32.2. The van der Waals surface area contributed by atoms with Gasteiger partial charge in [0, 0.05) is 37.0 Å². The highest BCUT2D eigenvalue weighted by Gasteiger charge is 2.45. The molecule has 0 unspecified atom stereocenters. The number of ether oxygens (including phenoxy) is 2. The molecule has 3 aromatic rings. The van der Waals surface area contributed by atoms with Gasteiger partial charge in [0.25, 0.3) is 5.92 Å². The Kier molecular flexibility index (Phi) is 13.4. The van der Waals surface area contributed by atoms with Gasteiger partial charge in [-0.05, 0) is 56.2 Å². The van der Waals surface area contributed by atoms with Gasteiger partial charge in [0.1, 0.15) is 12.1 Å². The quantitative estimate of drug-likeness (QED) is 0.145. The van der Waals surface area contributed by atoms with Gasteiger partial charge in [-0.2, -0.15) is 4.31 Å². The van der Waals surface area contributed by atoms with Gasteiger partial charge in [-0.1, -0.05) is 60.7 Å². The van der Waals surface area contributed by atoms with Crippen LogP contribution in [0, 0.1) is 0 Å². The lowest BCUT2D eigenvalue weighted by atomic mass is 9.84. The molecule has 3 rings (SSSR count). The second kappa shape index (κ2) is 17.0. The van der Waals surface area contributed by atoms with E-state index in [1.807, 2.05) is 0 Å². The monoisotopic (exact) mass is 688 g/mol. The number of hydrogen-bond acceptors (Lipinski definition) is 8. The van der Waals surface area contributed by atoms with Crippen molar-refractivity contribution in [1.29, 1.82) is 0 Å². The average Bonchev–Trinajstić information content (AvgIpc) is 3.04. The number of nitrogen functional groups attached to an aromatic ring is 1. The van der Waals surface area contributed by atoms with Crippen molar-refractivity contribution >= 4 is 33.7 Å². The van der Waals surface area contributed by atoms with Crippen molar-refractivity contribution < 1.29 is 41.1 Å². The predicted octanol–water partition coefficient (Wildman–Crippen LogP) is 4.69. The maximum absolute atomic E-state index is 15.7. The molecule has 260 valence electrons. The van der Waals surface area contributed by atoms with Crippen LogP contribution < -0.4 is 16.4 Å². The molecule has 3 aromatic carbocycles. The number of benzene rings is 3. The summed E-state index contributed by atoms with van der Waals surface area (Å²) in [4.78, 5) is 38.8. The van der Waals surface area contributed by atoms with Crippen LogP contribution in [0.3, 0.4) is 0 Å². The van der Waals surface area contributed by atoms with Crippen LogP contribution in [0.1, 0.15) is 50.7 Å². The molecule has 0 aliphatic carbocycles. The van der Waals surface area contributed by atoms with Crippen LogP contribution in [-0.2, 0) is 29.1 Å². The summed E-state index contributed by atoms with van der Waals surface area (Å²) in [6.07, 6.45) is -3.06. The Bertz CT molecular complexity index is 1570. The van der Waals surface area contributed by atoms with Crippen molar-refractivity contribution in [2.24, 2.45) is 0 Å². The number of rotatable bonds is 16. The largest absolute Gasteiger partial charge is 0.465 e. The third-order valence-electron chi connectivity index (χ3n) is 7.50. The zero-order valence-electron chi connectivity index (χ0n) is 27.3. The maximum Gasteiger partial charge on any atom is 0.407 e. The number of nitrogens with two attached hydrogens (primary N) is 1. The predicted molar refractivity (Wildman–Crippen MR) is 177 cm³/mol. The number of hydrogen-bond donors (Lipinski definition) is 3. The van der Waals surface area contributed by atoms with E-state index in [2.05, 4.69) is 10.6 Å². The number of nitrogens with one attached hydrogen (secondary N) is 2. The van der Waals surface area contributed by atoms with Crippen molar-refractivity contribution in [3.63, 3.8) is 0 Å². The second-order valence-electron chi connectivity index (χ2n) is 11.3. The first-order chi connectivity index (χ1) is 22.7. The van der Waals surface area contributed by atoms with Gasteiger partial charge in [-0.3, -0.25) is 9.59 Å². The van der Waals surface area contributed by atoms with Crippen molar-refractivity contribution in [3.05, 3.63) is 96.1 Å². The number of alkyl carbamates (subject to hydrolysis) is 1. The molecule has 0 radical (unpaired) electrons. The fourth-order valence-corrected chi connectivity index (χ4v) is 7.10. The fraction of sp³-hybridized carbons (Fsp3) is 0.382. The number of amides is 2. The van der Waals surface area contributed by atoms with Gasteiger partial charge in [0.05, 0.1) is 18.6 Å². The first-order valence-electron chi connectivity index (χ1n) is 15.4. The fourth-order valence-electron chi connectivity index (χ4n) is 5.33. The summed E-state index contributed by atoms with van der Waals surface area (Å²) in [6, 6.07) is 18.9. The number of anilines is 1. The zero-order valence-corrected chi connectivity index (χ0v) is 28.1. The van der Waals surface area contributed by atoms with Gasteiger partial charge in [0.15, 0.2) is 0 Å². The van der Waals surface area contributed by atoms with Crippen LogP contribution in [0.2, 0.25) is 0 Å². The summed E-state index contributed by atoms with van der Waals surface area (Å²) in [5, 5.41) is 5.01. The summed E-state index contributed by atoms with van der Waals surface area (Å²) in [7, 11) is -3.31. The molecule has 0 saturated carbocycles. The van der Waals surface area contributed by atoms with Gasteiger partial charge >= 0.3 is 12.1 Å². The summed E-state index contributed by atoms with van der Waals surface area (Å²) in [5.74, 6) is -6.24. The molecule has 11 nitrogen and oxygen atoms in total. The van der Waals surface area contributed by atoms with Gasteiger partial charge in [-0.15, -0.1) is 0 Å². The molecule has 0 aliphatic heterocycles. The summed E-state index contributed by atoms with van der Waals surface area (Å²) >= 11 is 0. The van der Waals surface area contributed by atoms with Crippen molar-refractivity contribution in [1.82, 2.24) is 14.9 Å². The van der Waals surface area contributed by atoms with Gasteiger partial charge in [0.2, 0.25) is 15.9 Å². The van der Waals surface area contributed by atoms with E-state index in [0.29, 0.717) is 21.1 Å². The minimum atomic E-state index is -4.45. The number of carbonyl (C=O) groups excluding carboxylic acids is 3. The van der Waals surface area contributed by atoms with E-state index in [0.717, 1.165) is 7.11 Å². The van der Waals surface area contributed by atoms with E-state index in [1.54, 1.807) is 60.7 Å². The molecule has 0 aromatic heterocycles. The number of sulfonamides is 1. The Hall–Kier alpha value is -4.56. The summed E-state index contributed by atoms with van der Waals surface area (Å²) in [5.41, 5.74) is 7.34. The molecule has 0 bridgehead atoms. The normalized spacial score (nSPS) is 13.2. The number of alkyl halides is 2. The van der Waals surface area contributed by atoms with Gasteiger partial charge in [-0.25, -0.2) is 22.0 Å². The Morgan fingerprint density at radius 3 is 1.94 bits per heavy atom. The molecule has 2 amide bonds. The van der Waals surface area contributed by atoms with E-state index in [-0.39, 0.29) is 11.5 Å². The topological polar surface area (TPSA) is 157 Å². The molecule has 4 N–H and O–H groups in total. The Morgan fingerprint density at radius 2 is 1.46 bits per heavy atom. The molecule has 0 fully saturated rings. The van der Waals surface area contributed by atoms with Crippen molar-refractivity contribution in [2.75, 3.05) is 26.0 Å². The number of nitrogens with zero attached hydrogens (tertiary/aromatic N) is 1. The Labute approximate surface area is 279 Å². The molecule has 0 spiro atoms. The smallest absolute Gasteiger partial charge is 0.407 e. The molecular weight excluding hydrogens is 646 g/mol. The van der Waals surface area contributed by atoms with Crippen LogP contribution in [0.25, 0.3) is 0 Å². The highest BCUT2D eigenvalue weighted by Crippen LogP contribution is 2.32. The SMILES string of the molecule is CCOC(=O)[C@H](CC(F)(F)CCNC(=O)[C@@H](NC(=O)OC)C(c1ccccc1)c1ccccc1)N(C(C)C)S(=O)(=O)c1ccc(N)cc1. The first-order valence-corrected chi connectivity index (χ1v) is 16.8. The molecule has 2 atom stereocenters. The minimum Gasteiger partial charge on any atom is -0.465 e. The molecule has 0 aliphatic rings. The van der Waals surface area contributed by atoms with E-state index < -0.39 is 77.3 Å². The van der Waals surface area contributed by atoms with E-state index in [4.69, 9.17) is 15.2 Å². The maximum atomic E-state index is 15.7. The van der Waals surface area contributed by atoms with Crippen LogP contribution in [-0.4, -0.2) is 75.0 Å². The molecule has 14 heteroatoms. The molecule has 0 saturated heterocycles. The van der Waals surface area contributed by atoms with Crippen molar-refractivity contribution in [2.45, 2.75) is 68.5 Å². The van der Waals surface area contributed by atoms with Gasteiger partial charge < -0.3 is 25.8 Å². The van der Waals surface area contributed by atoms with Crippen LogP contribution in [0.4, 0.5) is 19.3 Å². The minimum absolute atomic E-state index is 0.163. The number of halogens is 2. The second-order valence-corrected chi connectivity index (χ2v) is 13.1. The highest BCUT2D eigenvalue weighted by molar-refractivity contribution is 7.89. The summed E-state index contributed by atoms with van der Waals surface area (Å²) < 4.78 is 69.1. The molecular formula is C34H42F2N4O7S. The van der Waals surface area contributed by atoms with E-state index in [9.17, 15) is 22.8 Å². The number of esters is 1. The Balaban J connectivity index is 1.86. The number of methoxy groups -OCH3 is 1. The Morgan fingerprint density at radius 1 is 0.917 bits per heavy atom. The standard InChI is InChI=1S/C34H42F2N4O7S/c1-5-47-32(42)28(40(23(2)3)48(44,45)27-18-16-26(37)17-19-27)22-34(35,36)20-21-38-31(41)30(39-33(43)46-4)29(24-12-8-6-9-13-24)25-14-10-7-11-15-25/h6-19,23,28-30H,5,20-22,37H2,1-4H3,(H,38,41)(H,39,43)/t28-,30-/m0/s1. The van der Waals surface area contributed by atoms with Crippen LogP contribution in [0.15, 0.2) is 89.8 Å². The number of carbonyl (C=O) groups is 3. The van der Waals surface area contributed by atoms with E-state index >= 15 is 8.78 Å². The van der Waals surface area contributed by atoms with E-state index in [1.165, 1.54) is 45.0 Å². The average molecular weight is 689 g/mol. The lowest BCUT2D eigenvalue weighted by molar-refractivity contribution is -0.152. The lowest BCUT2D eigenvalue weighted by Crippen LogP contribution is -2.52. The third kappa shape index (κ3) is 9.97. The first kappa shape index (κ1) is 37.9. The molecule has 0 heterocycles. The van der Waals surface area contributed by atoms with Crippen molar-refractivity contribution in [3.8, 4) is 0 Å². The lowest BCUT2D eigenvalue weighted by Gasteiger charge is -2.34. The van der Waals surface area contributed by atoms with Crippen LogP contribution in [0.5, 0.6) is 0 Å². The summed E-state index contributed by atoms with van der Waals surface area (Å²) in [6.45, 7) is 3.67. The van der Waals surface area contributed by atoms with Crippen LogP contribution >= 0.6 is 0 Å². The third-order valence-corrected chi connectivity index (χ3v) is 9.60. The zero-order chi connectivity index (χ0) is 35.5.